The molecule has 0 aromatic rings. The van der Waals surface area contributed by atoms with Crippen LogP contribution in [0.3, 0.4) is 0 Å². The number of likely N-dealkylation sites (N-methyl/N-ethyl adjacent to an activating group) is 1. The van der Waals surface area contributed by atoms with Crippen LogP contribution in [0.25, 0.3) is 0 Å². The molecular weight excluding hydrogens is 166 g/mol. The molecule has 0 spiro atoms. The maximum Gasteiger partial charge on any atom is 0.149 e. The van der Waals surface area contributed by atoms with E-state index in [1.54, 1.807) is 0 Å². The molecule has 0 aromatic carbocycles. The highest BCUT2D eigenvalue weighted by atomic mass is 16.3. The summed E-state index contributed by atoms with van der Waals surface area (Å²) in [6.45, 7) is 2.07. The summed E-state index contributed by atoms with van der Waals surface area (Å²) < 4.78 is 0. The van der Waals surface area contributed by atoms with Gasteiger partial charge in [0.25, 0.3) is 0 Å². The smallest absolute Gasteiger partial charge is 0.149 e. The maximum absolute atomic E-state index is 11.5. The van der Waals surface area contributed by atoms with Crippen LogP contribution in [0.4, 0.5) is 0 Å². The number of rotatable bonds is 3. The lowest BCUT2D eigenvalue weighted by Gasteiger charge is -2.33. The summed E-state index contributed by atoms with van der Waals surface area (Å²) in [6, 6.07) is 0.142. The van der Waals surface area contributed by atoms with E-state index in [0.29, 0.717) is 12.2 Å². The van der Waals surface area contributed by atoms with Crippen LogP contribution in [0.2, 0.25) is 0 Å². The van der Waals surface area contributed by atoms with E-state index in [-0.39, 0.29) is 18.7 Å². The molecule has 3 nitrogen and oxygen atoms in total. The van der Waals surface area contributed by atoms with Gasteiger partial charge in [-0.3, -0.25) is 9.69 Å². The monoisotopic (exact) mass is 185 g/mol. The molecule has 1 aliphatic carbocycles. The molecule has 0 bridgehead atoms. The molecule has 0 aliphatic heterocycles. The number of aliphatic hydroxyl groups is 1. The molecule has 0 aromatic heterocycles. The largest absolute Gasteiger partial charge is 0.395 e. The fourth-order valence-corrected chi connectivity index (χ4v) is 1.83. The maximum atomic E-state index is 11.5. The molecule has 2 atom stereocenters. The second-order valence-electron chi connectivity index (χ2n) is 3.92. The van der Waals surface area contributed by atoms with Gasteiger partial charge in [0, 0.05) is 12.5 Å². The molecule has 1 N–H and O–H groups in total. The van der Waals surface area contributed by atoms with Crippen molar-refractivity contribution in [2.75, 3.05) is 13.7 Å². The van der Waals surface area contributed by atoms with E-state index >= 15 is 0 Å². The Bertz CT molecular complexity index is 182. The van der Waals surface area contributed by atoms with Crippen LogP contribution in [0.15, 0.2) is 0 Å². The summed E-state index contributed by atoms with van der Waals surface area (Å²) in [4.78, 5) is 13.5. The van der Waals surface area contributed by atoms with Gasteiger partial charge >= 0.3 is 0 Å². The Labute approximate surface area is 79.7 Å². The molecule has 1 aliphatic rings. The average molecular weight is 185 g/mol. The Morgan fingerprint density at radius 3 is 2.85 bits per heavy atom. The number of ketones is 1. The molecule has 13 heavy (non-hydrogen) atoms. The Morgan fingerprint density at radius 1 is 1.62 bits per heavy atom. The summed E-state index contributed by atoms with van der Waals surface area (Å²) in [6.07, 6.45) is 3.85. The van der Waals surface area contributed by atoms with Gasteiger partial charge in [0.1, 0.15) is 5.78 Å². The predicted molar refractivity (Wildman–Crippen MR) is 51.6 cm³/mol. The quantitative estimate of drug-likeness (QED) is 0.707. The summed E-state index contributed by atoms with van der Waals surface area (Å²) in [5.41, 5.74) is 0. The van der Waals surface area contributed by atoms with Crippen LogP contribution in [0.5, 0.6) is 0 Å². The first-order chi connectivity index (χ1) is 6.16. The normalized spacial score (nSPS) is 26.5. The van der Waals surface area contributed by atoms with E-state index in [0.717, 1.165) is 19.3 Å². The van der Waals surface area contributed by atoms with Crippen molar-refractivity contribution in [3.63, 3.8) is 0 Å². The molecule has 3 heteroatoms. The molecule has 1 saturated carbocycles. The third kappa shape index (κ3) is 2.51. The van der Waals surface area contributed by atoms with Gasteiger partial charge in [0.15, 0.2) is 0 Å². The van der Waals surface area contributed by atoms with Crippen molar-refractivity contribution in [1.82, 2.24) is 4.90 Å². The Kier molecular flexibility index (Phi) is 3.88. The zero-order chi connectivity index (χ0) is 9.84. The van der Waals surface area contributed by atoms with Crippen molar-refractivity contribution >= 4 is 5.78 Å². The first-order valence-corrected chi connectivity index (χ1v) is 5.02. The topological polar surface area (TPSA) is 40.5 Å². The van der Waals surface area contributed by atoms with E-state index in [1.807, 2.05) is 18.9 Å². The second kappa shape index (κ2) is 4.72. The molecule has 76 valence electrons. The molecule has 0 heterocycles. The van der Waals surface area contributed by atoms with E-state index in [4.69, 9.17) is 5.11 Å². The number of carbonyl (C=O) groups is 1. The Morgan fingerprint density at radius 2 is 2.31 bits per heavy atom. The van der Waals surface area contributed by atoms with Crippen LogP contribution in [-0.2, 0) is 4.79 Å². The summed E-state index contributed by atoms with van der Waals surface area (Å²) >= 11 is 0. The summed E-state index contributed by atoms with van der Waals surface area (Å²) in [5, 5.41) is 8.97. The number of Topliss-reactive ketones (excluding diaryl/α,β-unsaturated/α-hetero) is 1. The lowest BCUT2D eigenvalue weighted by Crippen LogP contribution is -2.46. The first-order valence-electron chi connectivity index (χ1n) is 5.02. The average Bonchev–Trinajstić information content (AvgIpc) is 2.16. The molecule has 1 fully saturated rings. The minimum atomic E-state index is 0.0518. The number of hydrogen-bond donors (Lipinski definition) is 1. The fourth-order valence-electron chi connectivity index (χ4n) is 1.83. The van der Waals surface area contributed by atoms with Crippen molar-refractivity contribution in [2.45, 2.75) is 44.7 Å². The number of nitrogens with zero attached hydrogens (tertiary/aromatic N) is 1. The van der Waals surface area contributed by atoms with Crippen LogP contribution < -0.4 is 0 Å². The van der Waals surface area contributed by atoms with Gasteiger partial charge in [-0.1, -0.05) is 6.42 Å². The van der Waals surface area contributed by atoms with E-state index in [2.05, 4.69) is 0 Å². The summed E-state index contributed by atoms with van der Waals surface area (Å²) in [5.74, 6) is 0.342. The molecular formula is C10H19NO2. The van der Waals surface area contributed by atoms with Gasteiger partial charge in [0.05, 0.1) is 12.6 Å². The van der Waals surface area contributed by atoms with Crippen LogP contribution in [-0.4, -0.2) is 41.5 Å². The number of aliphatic hydroxyl groups excluding tert-OH is 1. The molecule has 0 radical (unpaired) electrons. The predicted octanol–water partition coefficient (Wildman–Crippen LogP) is 0.811. The molecule has 1 rings (SSSR count). The van der Waals surface area contributed by atoms with E-state index < -0.39 is 0 Å². The fraction of sp³-hybridized carbons (Fsp3) is 0.900. The number of carbonyl (C=O) groups excluding carboxylic acids is 1. The lowest BCUT2D eigenvalue weighted by atomic mass is 9.92. The van der Waals surface area contributed by atoms with Gasteiger partial charge < -0.3 is 5.11 Å². The third-order valence-electron chi connectivity index (χ3n) is 2.97. The lowest BCUT2D eigenvalue weighted by molar-refractivity contribution is -0.126. The van der Waals surface area contributed by atoms with E-state index in [1.165, 1.54) is 0 Å². The minimum absolute atomic E-state index is 0.0518. The first kappa shape index (κ1) is 10.7. The van der Waals surface area contributed by atoms with Crippen LogP contribution in [0.1, 0.15) is 32.6 Å². The van der Waals surface area contributed by atoms with Crippen LogP contribution >= 0.6 is 0 Å². The Balaban J connectivity index is 2.53. The van der Waals surface area contributed by atoms with Gasteiger partial charge in [-0.2, -0.15) is 0 Å². The third-order valence-corrected chi connectivity index (χ3v) is 2.97. The van der Waals surface area contributed by atoms with Gasteiger partial charge in [-0.05, 0) is 26.8 Å². The van der Waals surface area contributed by atoms with Crippen molar-refractivity contribution in [3.8, 4) is 0 Å². The van der Waals surface area contributed by atoms with Gasteiger partial charge in [0.2, 0.25) is 0 Å². The molecule has 2 unspecified atom stereocenters. The van der Waals surface area contributed by atoms with Crippen molar-refractivity contribution in [1.29, 1.82) is 0 Å². The standard InChI is InChI=1S/C10H19NO2/c1-8(7-12)11(2)9-5-3-4-6-10(9)13/h8-9,12H,3-7H2,1-2H3. The second-order valence-corrected chi connectivity index (χ2v) is 3.92. The zero-order valence-corrected chi connectivity index (χ0v) is 8.49. The summed E-state index contributed by atoms with van der Waals surface area (Å²) in [7, 11) is 1.93. The Hall–Kier alpha value is -0.410. The highest BCUT2D eigenvalue weighted by Gasteiger charge is 2.27. The molecule has 0 saturated heterocycles. The van der Waals surface area contributed by atoms with Gasteiger partial charge in [-0.15, -0.1) is 0 Å². The van der Waals surface area contributed by atoms with Crippen molar-refractivity contribution in [2.24, 2.45) is 0 Å². The highest BCUT2D eigenvalue weighted by molar-refractivity contribution is 5.84. The SMILES string of the molecule is CC(CO)N(C)C1CCCCC1=O. The zero-order valence-electron chi connectivity index (χ0n) is 8.49. The highest BCUT2D eigenvalue weighted by Crippen LogP contribution is 2.19. The van der Waals surface area contributed by atoms with Crippen LogP contribution in [0, 0.1) is 0 Å². The van der Waals surface area contributed by atoms with Crippen molar-refractivity contribution < 1.29 is 9.90 Å². The minimum Gasteiger partial charge on any atom is -0.395 e. The van der Waals surface area contributed by atoms with E-state index in [9.17, 15) is 4.79 Å². The number of hydrogen-bond acceptors (Lipinski definition) is 3. The van der Waals surface area contributed by atoms with Crippen molar-refractivity contribution in [3.05, 3.63) is 0 Å². The molecule has 0 amide bonds. The van der Waals surface area contributed by atoms with Gasteiger partial charge in [-0.25, -0.2) is 0 Å².